The average molecular weight is 339 g/mol. The number of aromatic nitrogens is 1. The number of ether oxygens (including phenoxy) is 2. The molecule has 4 rings (SSSR count). The Morgan fingerprint density at radius 3 is 2.68 bits per heavy atom. The normalized spacial score (nSPS) is 19.0. The molecule has 1 heterocycles. The second kappa shape index (κ2) is 7.03. The predicted octanol–water partition coefficient (Wildman–Crippen LogP) is 4.52. The Hall–Kier alpha value is -2.10. The summed E-state index contributed by atoms with van der Waals surface area (Å²) in [4.78, 5) is 16.3. The highest BCUT2D eigenvalue weighted by molar-refractivity contribution is 5.84. The minimum atomic E-state index is -0.0834. The second-order valence-corrected chi connectivity index (χ2v) is 7.54. The summed E-state index contributed by atoms with van der Waals surface area (Å²) in [6, 6.07) is 9.71. The van der Waals surface area contributed by atoms with Crippen LogP contribution in [0.1, 0.15) is 44.9 Å². The molecule has 1 aromatic carbocycles. The van der Waals surface area contributed by atoms with E-state index in [1.54, 1.807) is 6.20 Å². The lowest BCUT2D eigenvalue weighted by Crippen LogP contribution is -2.20. The number of para-hydroxylation sites is 1. The van der Waals surface area contributed by atoms with Crippen LogP contribution < -0.4 is 4.74 Å². The first-order valence-corrected chi connectivity index (χ1v) is 9.36. The Kier molecular flexibility index (Phi) is 4.60. The molecule has 4 heteroatoms. The van der Waals surface area contributed by atoms with Gasteiger partial charge in [0.2, 0.25) is 0 Å². The van der Waals surface area contributed by atoms with E-state index < -0.39 is 0 Å². The second-order valence-electron chi connectivity index (χ2n) is 7.54. The molecule has 0 atom stereocenters. The van der Waals surface area contributed by atoms with Crippen LogP contribution in [0, 0.1) is 11.3 Å². The van der Waals surface area contributed by atoms with E-state index in [1.807, 2.05) is 30.3 Å². The summed E-state index contributed by atoms with van der Waals surface area (Å²) in [5.41, 5.74) is 1.59. The summed E-state index contributed by atoms with van der Waals surface area (Å²) < 4.78 is 11.1. The number of carbonyl (C=O) groups excluding carboxylic acids is 1. The van der Waals surface area contributed by atoms with Crippen molar-refractivity contribution < 1.29 is 14.3 Å². The van der Waals surface area contributed by atoms with E-state index in [0.29, 0.717) is 31.0 Å². The van der Waals surface area contributed by atoms with Gasteiger partial charge in [-0.2, -0.15) is 0 Å². The zero-order valence-corrected chi connectivity index (χ0v) is 14.6. The molecule has 25 heavy (non-hydrogen) atoms. The van der Waals surface area contributed by atoms with Gasteiger partial charge in [0, 0.05) is 18.0 Å². The summed E-state index contributed by atoms with van der Waals surface area (Å²) in [6.07, 6.45) is 10.1. The molecule has 0 amide bonds. The Bertz CT molecular complexity index is 738. The Balaban J connectivity index is 1.19. The topological polar surface area (TPSA) is 48.4 Å². The summed E-state index contributed by atoms with van der Waals surface area (Å²) in [6.45, 7) is 0.666. The largest absolute Gasteiger partial charge is 0.489 e. The minimum Gasteiger partial charge on any atom is -0.489 e. The van der Waals surface area contributed by atoms with Crippen LogP contribution >= 0.6 is 0 Å². The first-order chi connectivity index (χ1) is 12.2. The third-order valence-electron chi connectivity index (χ3n) is 5.79. The molecule has 0 radical (unpaired) electrons. The van der Waals surface area contributed by atoms with E-state index in [4.69, 9.17) is 9.47 Å². The third-order valence-corrected chi connectivity index (χ3v) is 5.79. The third kappa shape index (κ3) is 3.94. The molecule has 4 nitrogen and oxygen atoms in total. The number of hydrogen-bond donors (Lipinski definition) is 0. The fourth-order valence-corrected chi connectivity index (χ4v) is 3.97. The Morgan fingerprint density at radius 2 is 1.88 bits per heavy atom. The van der Waals surface area contributed by atoms with Gasteiger partial charge in [0.15, 0.2) is 0 Å². The summed E-state index contributed by atoms with van der Waals surface area (Å²) >= 11 is 0. The van der Waals surface area contributed by atoms with E-state index in [-0.39, 0.29) is 5.97 Å². The van der Waals surface area contributed by atoms with Crippen molar-refractivity contribution in [1.82, 2.24) is 4.98 Å². The molecule has 2 aliphatic carbocycles. The zero-order valence-electron chi connectivity index (χ0n) is 14.6. The van der Waals surface area contributed by atoms with Crippen molar-refractivity contribution in [2.24, 2.45) is 11.3 Å². The number of pyridine rings is 1. The van der Waals surface area contributed by atoms with E-state index >= 15 is 0 Å². The average Bonchev–Trinajstić information content (AvgIpc) is 3.40. The van der Waals surface area contributed by atoms with Crippen LogP contribution in [0.3, 0.4) is 0 Å². The summed E-state index contributed by atoms with van der Waals surface area (Å²) in [7, 11) is 0. The summed E-state index contributed by atoms with van der Waals surface area (Å²) in [5.74, 6) is 1.22. The van der Waals surface area contributed by atoms with Gasteiger partial charge in [-0.15, -0.1) is 0 Å². The van der Waals surface area contributed by atoms with Crippen LogP contribution in [0.25, 0.3) is 10.9 Å². The fraction of sp³-hybridized carbons (Fsp3) is 0.524. The monoisotopic (exact) mass is 339 g/mol. The molecule has 0 unspecified atom stereocenters. The maximum atomic E-state index is 12.0. The fourth-order valence-electron chi connectivity index (χ4n) is 3.97. The number of esters is 1. The van der Waals surface area contributed by atoms with Gasteiger partial charge in [-0.1, -0.05) is 12.1 Å². The molecule has 0 saturated heterocycles. The maximum absolute atomic E-state index is 12.0. The van der Waals surface area contributed by atoms with Gasteiger partial charge >= 0.3 is 5.97 Å². The van der Waals surface area contributed by atoms with Crippen LogP contribution in [0.5, 0.6) is 5.75 Å². The highest BCUT2D eigenvalue weighted by atomic mass is 16.6. The predicted molar refractivity (Wildman–Crippen MR) is 96.4 cm³/mol. The maximum Gasteiger partial charge on any atom is 0.306 e. The van der Waals surface area contributed by atoms with Gasteiger partial charge in [0.1, 0.15) is 19.0 Å². The van der Waals surface area contributed by atoms with Crippen molar-refractivity contribution in [3.8, 4) is 5.75 Å². The summed E-state index contributed by atoms with van der Waals surface area (Å²) in [5, 5.41) is 0.979. The lowest BCUT2D eigenvalue weighted by atomic mass is 9.78. The van der Waals surface area contributed by atoms with Crippen molar-refractivity contribution in [2.45, 2.75) is 44.9 Å². The standard InChI is InChI=1S/C21H25NO3/c23-20(15-16-5-8-21(9-6-16)10-11-21)25-14-13-24-19-7-12-22-18-4-2-1-3-17(18)19/h1-4,7,12,16H,5-6,8-11,13-15H2. The first kappa shape index (κ1) is 16.4. The van der Waals surface area contributed by atoms with Crippen LogP contribution in [0.4, 0.5) is 0 Å². The highest BCUT2D eigenvalue weighted by Gasteiger charge is 2.44. The molecule has 0 bridgehead atoms. The quantitative estimate of drug-likeness (QED) is 0.573. The molecular formula is C21H25NO3. The molecule has 132 valence electrons. The molecule has 2 fully saturated rings. The number of hydrogen-bond acceptors (Lipinski definition) is 4. The van der Waals surface area contributed by atoms with Crippen LogP contribution in [0.2, 0.25) is 0 Å². The lowest BCUT2D eigenvalue weighted by molar-refractivity contribution is -0.145. The highest BCUT2D eigenvalue weighted by Crippen LogP contribution is 2.57. The van der Waals surface area contributed by atoms with E-state index in [2.05, 4.69) is 4.98 Å². The Labute approximate surface area is 148 Å². The van der Waals surface area contributed by atoms with Gasteiger partial charge in [0.05, 0.1) is 5.52 Å². The van der Waals surface area contributed by atoms with Crippen molar-refractivity contribution in [2.75, 3.05) is 13.2 Å². The Morgan fingerprint density at radius 1 is 1.08 bits per heavy atom. The number of nitrogens with zero attached hydrogens (tertiary/aromatic N) is 1. The molecule has 0 aliphatic heterocycles. The lowest BCUT2D eigenvalue weighted by Gasteiger charge is -2.27. The molecule has 1 spiro atoms. The van der Waals surface area contributed by atoms with Crippen LogP contribution in [-0.4, -0.2) is 24.2 Å². The molecule has 2 aliphatic rings. The molecule has 1 aromatic heterocycles. The number of rotatable bonds is 6. The first-order valence-electron chi connectivity index (χ1n) is 9.36. The molecule has 2 aromatic rings. The number of fused-ring (bicyclic) bond motifs is 1. The minimum absolute atomic E-state index is 0.0834. The SMILES string of the molecule is O=C(CC1CCC2(CC1)CC2)OCCOc1ccnc2ccccc12. The molecular weight excluding hydrogens is 314 g/mol. The van der Waals surface area contributed by atoms with Gasteiger partial charge < -0.3 is 9.47 Å². The van der Waals surface area contributed by atoms with E-state index in [0.717, 1.165) is 16.7 Å². The van der Waals surface area contributed by atoms with E-state index in [9.17, 15) is 4.79 Å². The smallest absolute Gasteiger partial charge is 0.306 e. The molecule has 2 saturated carbocycles. The van der Waals surface area contributed by atoms with Crippen molar-refractivity contribution in [1.29, 1.82) is 0 Å². The van der Waals surface area contributed by atoms with Crippen molar-refractivity contribution in [3.63, 3.8) is 0 Å². The zero-order chi connectivity index (χ0) is 17.1. The number of benzene rings is 1. The van der Waals surface area contributed by atoms with Crippen LogP contribution in [0.15, 0.2) is 36.5 Å². The molecule has 0 N–H and O–H groups in total. The van der Waals surface area contributed by atoms with E-state index in [1.165, 1.54) is 38.5 Å². The van der Waals surface area contributed by atoms with Gasteiger partial charge in [0.25, 0.3) is 0 Å². The van der Waals surface area contributed by atoms with Crippen molar-refractivity contribution >= 4 is 16.9 Å². The van der Waals surface area contributed by atoms with Gasteiger partial charge in [-0.3, -0.25) is 9.78 Å². The van der Waals surface area contributed by atoms with Crippen LogP contribution in [-0.2, 0) is 9.53 Å². The number of carbonyl (C=O) groups is 1. The van der Waals surface area contributed by atoms with Gasteiger partial charge in [-0.25, -0.2) is 0 Å². The van der Waals surface area contributed by atoms with Gasteiger partial charge in [-0.05, 0) is 68.1 Å². The van der Waals surface area contributed by atoms with Crippen molar-refractivity contribution in [3.05, 3.63) is 36.5 Å².